The van der Waals surface area contributed by atoms with E-state index in [9.17, 15) is 0 Å². The summed E-state index contributed by atoms with van der Waals surface area (Å²) in [7, 11) is 0. The lowest BCUT2D eigenvalue weighted by Crippen LogP contribution is -2.61. The van der Waals surface area contributed by atoms with Crippen LogP contribution in [0.3, 0.4) is 0 Å². The van der Waals surface area contributed by atoms with Gasteiger partial charge in [0.05, 0.1) is 11.0 Å². The molecule has 16 heavy (non-hydrogen) atoms. The number of nitrogens with zero attached hydrogens (tertiary/aromatic N) is 1. The summed E-state index contributed by atoms with van der Waals surface area (Å²) in [6, 6.07) is 11.6. The van der Waals surface area contributed by atoms with Crippen LogP contribution in [-0.2, 0) is 0 Å². The molecule has 1 nitrogen and oxygen atoms in total. The molecular formula is C14H19NS. The Labute approximate surface area is 103 Å². The Morgan fingerprint density at radius 2 is 1.75 bits per heavy atom. The zero-order chi connectivity index (χ0) is 11.9. The Morgan fingerprint density at radius 1 is 1.19 bits per heavy atom. The molecule has 1 fully saturated rings. The summed E-state index contributed by atoms with van der Waals surface area (Å²) in [5.74, 6) is 0. The first-order valence-corrected chi connectivity index (χ1v) is 6.25. The Hall–Kier alpha value is -0.890. The van der Waals surface area contributed by atoms with E-state index in [1.165, 1.54) is 5.56 Å². The number of benzene rings is 1. The minimum Gasteiger partial charge on any atom is -0.355 e. The standard InChI is InChI=1S/C14H19NS/c1-10(2)15-12(14(3,4)13(15)16)11-8-6-5-7-9-11/h5-10,12H,1-4H3. The van der Waals surface area contributed by atoms with E-state index >= 15 is 0 Å². The first-order chi connectivity index (χ1) is 7.46. The van der Waals surface area contributed by atoms with Gasteiger partial charge >= 0.3 is 0 Å². The second-order valence-corrected chi connectivity index (χ2v) is 5.73. The van der Waals surface area contributed by atoms with Gasteiger partial charge in [0.25, 0.3) is 0 Å². The molecule has 1 aliphatic rings. The summed E-state index contributed by atoms with van der Waals surface area (Å²) in [6.45, 7) is 8.90. The van der Waals surface area contributed by atoms with E-state index in [1.807, 2.05) is 0 Å². The van der Waals surface area contributed by atoms with Gasteiger partial charge in [0.2, 0.25) is 0 Å². The molecule has 1 heterocycles. The first kappa shape index (κ1) is 11.6. The lowest BCUT2D eigenvalue weighted by atomic mass is 9.70. The lowest BCUT2D eigenvalue weighted by molar-refractivity contribution is 0.0900. The van der Waals surface area contributed by atoms with Crippen LogP contribution in [0.25, 0.3) is 0 Å². The van der Waals surface area contributed by atoms with E-state index in [0.29, 0.717) is 12.1 Å². The van der Waals surface area contributed by atoms with E-state index in [0.717, 1.165) is 4.99 Å². The quantitative estimate of drug-likeness (QED) is 0.715. The highest BCUT2D eigenvalue weighted by Crippen LogP contribution is 2.51. The average molecular weight is 233 g/mol. The van der Waals surface area contributed by atoms with Crippen molar-refractivity contribution in [2.24, 2.45) is 5.41 Å². The molecule has 0 spiro atoms. The Balaban J connectivity index is 2.36. The van der Waals surface area contributed by atoms with Crippen molar-refractivity contribution in [3.8, 4) is 0 Å². The van der Waals surface area contributed by atoms with Gasteiger partial charge in [-0.1, -0.05) is 56.4 Å². The van der Waals surface area contributed by atoms with Crippen LogP contribution in [0.1, 0.15) is 39.3 Å². The molecule has 86 valence electrons. The first-order valence-electron chi connectivity index (χ1n) is 5.84. The predicted molar refractivity (Wildman–Crippen MR) is 72.5 cm³/mol. The van der Waals surface area contributed by atoms with Crippen molar-refractivity contribution >= 4 is 17.2 Å². The molecule has 0 saturated carbocycles. The van der Waals surface area contributed by atoms with Crippen LogP contribution < -0.4 is 0 Å². The Bertz CT molecular complexity index is 394. The lowest BCUT2D eigenvalue weighted by Gasteiger charge is -2.58. The number of rotatable bonds is 2. The van der Waals surface area contributed by atoms with Gasteiger partial charge in [0, 0.05) is 11.5 Å². The fourth-order valence-corrected chi connectivity index (χ4v) is 3.02. The number of likely N-dealkylation sites (tertiary alicyclic amines) is 1. The molecule has 0 bridgehead atoms. The maximum Gasteiger partial charge on any atom is 0.0868 e. The molecule has 0 N–H and O–H groups in total. The van der Waals surface area contributed by atoms with Crippen molar-refractivity contribution in [1.29, 1.82) is 0 Å². The molecule has 1 aliphatic heterocycles. The number of hydrogen-bond donors (Lipinski definition) is 0. The third kappa shape index (κ3) is 1.56. The minimum absolute atomic E-state index is 0.112. The van der Waals surface area contributed by atoms with Crippen LogP contribution in [0.15, 0.2) is 30.3 Å². The largest absolute Gasteiger partial charge is 0.355 e. The van der Waals surface area contributed by atoms with Gasteiger partial charge in [-0.2, -0.15) is 0 Å². The summed E-state index contributed by atoms with van der Waals surface area (Å²) in [5, 5.41) is 0. The molecular weight excluding hydrogens is 214 g/mol. The van der Waals surface area contributed by atoms with Gasteiger partial charge in [-0.3, -0.25) is 0 Å². The maximum atomic E-state index is 5.52. The van der Waals surface area contributed by atoms with Crippen LogP contribution in [0.2, 0.25) is 0 Å². The molecule has 0 aromatic heterocycles. The van der Waals surface area contributed by atoms with Crippen LogP contribution >= 0.6 is 12.2 Å². The molecule has 0 radical (unpaired) electrons. The molecule has 1 unspecified atom stereocenters. The Kier molecular flexibility index (Phi) is 2.79. The van der Waals surface area contributed by atoms with E-state index in [-0.39, 0.29) is 5.41 Å². The van der Waals surface area contributed by atoms with Gasteiger partial charge in [-0.05, 0) is 19.4 Å². The van der Waals surface area contributed by atoms with Crippen LogP contribution in [0.4, 0.5) is 0 Å². The topological polar surface area (TPSA) is 3.24 Å². The van der Waals surface area contributed by atoms with Crippen molar-refractivity contribution in [2.75, 3.05) is 0 Å². The van der Waals surface area contributed by atoms with Gasteiger partial charge in [-0.15, -0.1) is 0 Å². The average Bonchev–Trinajstić information content (AvgIpc) is 2.25. The van der Waals surface area contributed by atoms with Crippen LogP contribution in [0.5, 0.6) is 0 Å². The van der Waals surface area contributed by atoms with Crippen molar-refractivity contribution in [2.45, 2.75) is 39.8 Å². The molecule has 1 aromatic rings. The normalized spacial score (nSPS) is 23.4. The number of thiocarbonyl (C=S) groups is 1. The maximum absolute atomic E-state index is 5.52. The van der Waals surface area contributed by atoms with Crippen molar-refractivity contribution in [3.05, 3.63) is 35.9 Å². The van der Waals surface area contributed by atoms with Gasteiger partial charge in [0.15, 0.2) is 0 Å². The summed E-state index contributed by atoms with van der Waals surface area (Å²) in [4.78, 5) is 3.45. The predicted octanol–water partition coefficient (Wildman–Crippen LogP) is 3.81. The highest BCUT2D eigenvalue weighted by molar-refractivity contribution is 7.80. The smallest absolute Gasteiger partial charge is 0.0868 e. The fourth-order valence-electron chi connectivity index (χ4n) is 2.59. The summed E-state index contributed by atoms with van der Waals surface area (Å²) in [5.41, 5.74) is 1.48. The van der Waals surface area contributed by atoms with Crippen molar-refractivity contribution in [3.63, 3.8) is 0 Å². The molecule has 1 saturated heterocycles. The minimum atomic E-state index is 0.112. The SMILES string of the molecule is CC(C)N1C(=S)C(C)(C)C1c1ccccc1. The summed E-state index contributed by atoms with van der Waals surface area (Å²) >= 11 is 5.52. The monoisotopic (exact) mass is 233 g/mol. The van der Waals surface area contributed by atoms with Crippen molar-refractivity contribution in [1.82, 2.24) is 4.90 Å². The highest BCUT2D eigenvalue weighted by Gasteiger charge is 2.51. The molecule has 0 amide bonds. The van der Waals surface area contributed by atoms with Crippen LogP contribution in [0, 0.1) is 5.41 Å². The molecule has 1 aromatic carbocycles. The van der Waals surface area contributed by atoms with Crippen molar-refractivity contribution < 1.29 is 0 Å². The second kappa shape index (κ2) is 3.85. The van der Waals surface area contributed by atoms with E-state index in [1.54, 1.807) is 0 Å². The molecule has 1 atom stereocenters. The van der Waals surface area contributed by atoms with E-state index in [2.05, 4.69) is 62.9 Å². The van der Waals surface area contributed by atoms with Crippen LogP contribution in [-0.4, -0.2) is 15.9 Å². The van der Waals surface area contributed by atoms with Gasteiger partial charge < -0.3 is 4.90 Å². The fraction of sp³-hybridized carbons (Fsp3) is 0.500. The third-order valence-corrected chi connectivity index (χ3v) is 4.16. The molecule has 0 aliphatic carbocycles. The number of hydrogen-bond acceptors (Lipinski definition) is 1. The molecule has 2 heteroatoms. The second-order valence-electron chi connectivity index (χ2n) is 5.34. The third-order valence-electron chi connectivity index (χ3n) is 3.42. The summed E-state index contributed by atoms with van der Waals surface area (Å²) < 4.78 is 0. The van der Waals surface area contributed by atoms with E-state index in [4.69, 9.17) is 12.2 Å². The Morgan fingerprint density at radius 3 is 2.25 bits per heavy atom. The van der Waals surface area contributed by atoms with E-state index < -0.39 is 0 Å². The zero-order valence-electron chi connectivity index (χ0n) is 10.4. The molecule has 2 rings (SSSR count). The van der Waals surface area contributed by atoms with Gasteiger partial charge in [-0.25, -0.2) is 0 Å². The summed E-state index contributed by atoms with van der Waals surface area (Å²) in [6.07, 6.45) is 0. The van der Waals surface area contributed by atoms with Gasteiger partial charge in [0.1, 0.15) is 0 Å². The highest BCUT2D eigenvalue weighted by atomic mass is 32.1. The zero-order valence-corrected chi connectivity index (χ0v) is 11.2.